The number of nitrogens with one attached hydrogen (secondary N) is 2. The Kier molecular flexibility index (Phi) is 5.33. The molecule has 0 radical (unpaired) electrons. The van der Waals surface area contributed by atoms with E-state index in [1.165, 1.54) is 6.07 Å². The van der Waals surface area contributed by atoms with Crippen LogP contribution in [0.2, 0.25) is 0 Å². The number of amides is 2. The zero-order valence-electron chi connectivity index (χ0n) is 16.9. The lowest BCUT2D eigenvalue weighted by Gasteiger charge is -2.39. The van der Waals surface area contributed by atoms with Gasteiger partial charge in [-0.05, 0) is 49.2 Å². The van der Waals surface area contributed by atoms with E-state index in [1.807, 2.05) is 13.0 Å². The summed E-state index contributed by atoms with van der Waals surface area (Å²) in [7, 11) is 0. The van der Waals surface area contributed by atoms with Crippen molar-refractivity contribution in [3.8, 4) is 0 Å². The SMILES string of the molecule is CC1=C(c2cccc([N+](=O)[O-])c2)CCN(C(=O)[C@H]2NCC3(CC3)C[C@@H]2C(=O)NO)C1. The van der Waals surface area contributed by atoms with Gasteiger partial charge in [0, 0.05) is 31.8 Å². The molecule has 1 aromatic carbocycles. The number of piperidine rings is 1. The lowest BCUT2D eigenvalue weighted by atomic mass is 9.81. The van der Waals surface area contributed by atoms with Crippen LogP contribution in [0.3, 0.4) is 0 Å². The van der Waals surface area contributed by atoms with E-state index in [4.69, 9.17) is 5.21 Å². The van der Waals surface area contributed by atoms with Crippen LogP contribution in [0, 0.1) is 21.4 Å². The fourth-order valence-corrected chi connectivity index (χ4v) is 4.77. The number of non-ortho nitro benzene ring substituents is 1. The van der Waals surface area contributed by atoms with Gasteiger partial charge in [-0.15, -0.1) is 0 Å². The van der Waals surface area contributed by atoms with Crippen molar-refractivity contribution in [3.63, 3.8) is 0 Å². The van der Waals surface area contributed by atoms with Crippen LogP contribution in [0.15, 0.2) is 29.8 Å². The molecule has 4 rings (SSSR count). The summed E-state index contributed by atoms with van der Waals surface area (Å²) >= 11 is 0. The van der Waals surface area contributed by atoms with E-state index >= 15 is 0 Å². The van der Waals surface area contributed by atoms with Crippen molar-refractivity contribution in [2.45, 2.75) is 38.6 Å². The summed E-state index contributed by atoms with van der Waals surface area (Å²) in [6, 6.07) is 5.89. The Morgan fingerprint density at radius 2 is 2.13 bits per heavy atom. The van der Waals surface area contributed by atoms with E-state index in [2.05, 4.69) is 5.32 Å². The molecule has 2 aliphatic heterocycles. The van der Waals surface area contributed by atoms with Crippen LogP contribution in [-0.2, 0) is 9.59 Å². The molecule has 1 aromatic rings. The van der Waals surface area contributed by atoms with Gasteiger partial charge in [-0.25, -0.2) is 5.48 Å². The second-order valence-corrected chi connectivity index (χ2v) is 8.72. The van der Waals surface area contributed by atoms with Gasteiger partial charge in [-0.3, -0.25) is 24.9 Å². The number of benzene rings is 1. The van der Waals surface area contributed by atoms with Gasteiger partial charge < -0.3 is 10.2 Å². The monoisotopic (exact) mass is 414 g/mol. The summed E-state index contributed by atoms with van der Waals surface area (Å²) in [4.78, 5) is 37.9. The molecule has 0 bridgehead atoms. The van der Waals surface area contributed by atoms with Gasteiger partial charge in [0.25, 0.3) is 5.69 Å². The number of hydrogen-bond acceptors (Lipinski definition) is 6. The molecule has 30 heavy (non-hydrogen) atoms. The van der Waals surface area contributed by atoms with Crippen LogP contribution in [-0.4, -0.2) is 52.5 Å². The Labute approximate surface area is 174 Å². The van der Waals surface area contributed by atoms with Crippen LogP contribution in [0.4, 0.5) is 5.69 Å². The first-order chi connectivity index (χ1) is 14.3. The number of carbonyl (C=O) groups is 2. The molecule has 0 aromatic heterocycles. The minimum atomic E-state index is -0.657. The van der Waals surface area contributed by atoms with E-state index in [-0.39, 0.29) is 17.0 Å². The summed E-state index contributed by atoms with van der Waals surface area (Å²) in [5.74, 6) is -1.26. The molecule has 2 fully saturated rings. The summed E-state index contributed by atoms with van der Waals surface area (Å²) in [6.07, 6.45) is 3.26. The third-order valence-electron chi connectivity index (χ3n) is 6.71. The fourth-order valence-electron chi connectivity index (χ4n) is 4.77. The van der Waals surface area contributed by atoms with Gasteiger partial charge in [0.15, 0.2) is 0 Å². The maximum atomic E-state index is 13.2. The van der Waals surface area contributed by atoms with Gasteiger partial charge in [-0.1, -0.05) is 17.7 Å². The lowest BCUT2D eigenvalue weighted by molar-refractivity contribution is -0.384. The molecule has 1 saturated heterocycles. The van der Waals surface area contributed by atoms with Gasteiger partial charge in [0.1, 0.15) is 0 Å². The third-order valence-corrected chi connectivity index (χ3v) is 6.71. The second kappa shape index (κ2) is 7.81. The number of hydrogen-bond donors (Lipinski definition) is 3. The largest absolute Gasteiger partial charge is 0.337 e. The van der Waals surface area contributed by atoms with E-state index < -0.39 is 22.8 Å². The first kappa shape index (κ1) is 20.5. The van der Waals surface area contributed by atoms with E-state index in [9.17, 15) is 19.7 Å². The van der Waals surface area contributed by atoms with Crippen LogP contribution in [0.5, 0.6) is 0 Å². The molecule has 1 spiro atoms. The van der Waals surface area contributed by atoms with Crippen molar-refractivity contribution in [1.29, 1.82) is 0 Å². The van der Waals surface area contributed by atoms with Crippen LogP contribution in [0.25, 0.3) is 5.57 Å². The van der Waals surface area contributed by atoms with Crippen molar-refractivity contribution in [2.24, 2.45) is 11.3 Å². The molecule has 0 unspecified atom stereocenters. The van der Waals surface area contributed by atoms with Gasteiger partial charge >= 0.3 is 0 Å². The molecular formula is C21H26N4O5. The highest BCUT2D eigenvalue weighted by Gasteiger charge is 2.52. The standard InChI is InChI=1S/C21H26N4O5/c1-13-11-24(8-5-16(13)14-3-2-4-15(9-14)25(29)30)20(27)18-17(19(26)23-28)10-21(6-7-21)12-22-18/h2-4,9,17-18,22,28H,5-8,10-12H2,1H3,(H,23,26)/t17-,18-/m0/s1. The summed E-state index contributed by atoms with van der Waals surface area (Å²) in [6.45, 7) is 3.53. The number of hydroxylamine groups is 1. The van der Waals surface area contributed by atoms with Crippen LogP contribution in [0.1, 0.15) is 38.2 Å². The highest BCUT2D eigenvalue weighted by atomic mass is 16.6. The first-order valence-corrected chi connectivity index (χ1v) is 10.2. The number of rotatable bonds is 4. The minimum absolute atomic E-state index is 0.0459. The zero-order valence-corrected chi connectivity index (χ0v) is 16.9. The first-order valence-electron chi connectivity index (χ1n) is 10.2. The Morgan fingerprint density at radius 1 is 1.37 bits per heavy atom. The van der Waals surface area contributed by atoms with Crippen molar-refractivity contribution in [3.05, 3.63) is 45.5 Å². The molecule has 2 heterocycles. The van der Waals surface area contributed by atoms with Crippen molar-refractivity contribution in [2.75, 3.05) is 19.6 Å². The molecular weight excluding hydrogens is 388 g/mol. The zero-order chi connectivity index (χ0) is 21.5. The molecule has 3 N–H and O–H groups in total. The predicted octanol–water partition coefficient (Wildman–Crippen LogP) is 1.86. The molecule has 2 amide bonds. The van der Waals surface area contributed by atoms with Gasteiger partial charge in [0.2, 0.25) is 11.8 Å². The number of nitro benzene ring substituents is 1. The molecule has 9 heteroatoms. The Balaban J connectivity index is 1.50. The van der Waals surface area contributed by atoms with Crippen LogP contribution >= 0.6 is 0 Å². The van der Waals surface area contributed by atoms with E-state index in [0.717, 1.165) is 29.6 Å². The highest BCUT2D eigenvalue weighted by molar-refractivity contribution is 5.91. The summed E-state index contributed by atoms with van der Waals surface area (Å²) in [5, 5.41) is 23.5. The minimum Gasteiger partial charge on any atom is -0.337 e. The molecule has 160 valence electrons. The fraction of sp³-hybridized carbons (Fsp3) is 0.524. The molecule has 9 nitrogen and oxygen atoms in total. The maximum absolute atomic E-state index is 13.2. The van der Waals surface area contributed by atoms with Crippen molar-refractivity contribution < 1.29 is 19.7 Å². The topological polar surface area (TPSA) is 125 Å². The average molecular weight is 414 g/mol. The van der Waals surface area contributed by atoms with Crippen molar-refractivity contribution in [1.82, 2.24) is 15.7 Å². The average Bonchev–Trinajstić information content (AvgIpc) is 3.51. The summed E-state index contributed by atoms with van der Waals surface area (Å²) < 4.78 is 0. The van der Waals surface area contributed by atoms with E-state index in [1.54, 1.807) is 22.5 Å². The maximum Gasteiger partial charge on any atom is 0.270 e. The Morgan fingerprint density at radius 3 is 2.77 bits per heavy atom. The number of nitrogens with zero attached hydrogens (tertiary/aromatic N) is 2. The third kappa shape index (κ3) is 3.82. The Bertz CT molecular complexity index is 924. The highest BCUT2D eigenvalue weighted by Crippen LogP contribution is 2.52. The van der Waals surface area contributed by atoms with E-state index in [0.29, 0.717) is 32.5 Å². The summed E-state index contributed by atoms with van der Waals surface area (Å²) in [5.41, 5.74) is 4.65. The van der Waals surface area contributed by atoms with Gasteiger partial charge in [0.05, 0.1) is 16.9 Å². The smallest absolute Gasteiger partial charge is 0.270 e. The number of nitro groups is 1. The number of carbonyl (C=O) groups excluding carboxylic acids is 2. The molecule has 1 saturated carbocycles. The van der Waals surface area contributed by atoms with Gasteiger partial charge in [-0.2, -0.15) is 0 Å². The molecule has 1 aliphatic carbocycles. The van der Waals surface area contributed by atoms with Crippen molar-refractivity contribution >= 4 is 23.1 Å². The van der Waals surface area contributed by atoms with Crippen LogP contribution < -0.4 is 10.8 Å². The second-order valence-electron chi connectivity index (χ2n) is 8.72. The molecule has 3 aliphatic rings. The Hall–Kier alpha value is -2.78. The normalized spacial score (nSPS) is 25.2. The lowest BCUT2D eigenvalue weighted by Crippen LogP contribution is -2.59. The molecule has 2 atom stereocenters. The quantitative estimate of drug-likeness (QED) is 0.392. The predicted molar refractivity (Wildman–Crippen MR) is 108 cm³/mol.